The molecule has 0 amide bonds. The molecule has 4 rings (SSSR count). The van der Waals surface area contributed by atoms with Gasteiger partial charge in [0.15, 0.2) is 0 Å². The molecule has 0 aliphatic carbocycles. The summed E-state index contributed by atoms with van der Waals surface area (Å²) in [7, 11) is 0. The molecule has 0 unspecified atom stereocenters. The topological polar surface area (TPSA) is 39.9 Å². The van der Waals surface area contributed by atoms with Crippen molar-refractivity contribution in [3.8, 4) is 0 Å². The van der Waals surface area contributed by atoms with E-state index in [9.17, 15) is 0 Å². The summed E-state index contributed by atoms with van der Waals surface area (Å²) >= 11 is 0. The molecule has 1 aromatic heterocycles. The second-order valence-corrected chi connectivity index (χ2v) is 4.56. The number of aromatic amines is 1. The highest BCUT2D eigenvalue weighted by Gasteiger charge is 2.22. The fourth-order valence-electron chi connectivity index (χ4n) is 2.57. The van der Waals surface area contributed by atoms with Gasteiger partial charge in [0, 0.05) is 22.7 Å². The first kappa shape index (κ1) is 9.59. The number of anilines is 2. The van der Waals surface area contributed by atoms with Crippen LogP contribution in [-0.4, -0.2) is 4.98 Å². The average Bonchev–Trinajstić information content (AvgIpc) is 3.02. The molecule has 2 heterocycles. The van der Waals surface area contributed by atoms with Crippen molar-refractivity contribution in [3.05, 3.63) is 60.3 Å². The minimum atomic E-state index is 0.138. The van der Waals surface area contributed by atoms with Gasteiger partial charge in [-0.15, -0.1) is 0 Å². The van der Waals surface area contributed by atoms with E-state index >= 15 is 0 Å². The number of fused-ring (bicyclic) bond motifs is 2. The maximum Gasteiger partial charge on any atom is 0.125 e. The van der Waals surface area contributed by atoms with Gasteiger partial charge in [-0.05, 0) is 18.2 Å². The van der Waals surface area contributed by atoms with E-state index in [2.05, 4.69) is 52.1 Å². The molecule has 0 saturated heterocycles. The highest BCUT2D eigenvalue weighted by Crippen LogP contribution is 2.36. The molecule has 1 aliphatic heterocycles. The Morgan fingerprint density at radius 1 is 0.778 bits per heavy atom. The van der Waals surface area contributed by atoms with Crippen LogP contribution in [0.5, 0.6) is 0 Å². The highest BCUT2D eigenvalue weighted by molar-refractivity contribution is 5.86. The van der Waals surface area contributed by atoms with E-state index in [1.165, 1.54) is 16.5 Å². The Bertz CT molecular complexity index is 689. The van der Waals surface area contributed by atoms with Gasteiger partial charge >= 0.3 is 0 Å². The van der Waals surface area contributed by atoms with Crippen LogP contribution in [0.3, 0.4) is 0 Å². The number of H-pyrrole nitrogens is 1. The van der Waals surface area contributed by atoms with Gasteiger partial charge in [-0.25, -0.2) is 0 Å². The lowest BCUT2D eigenvalue weighted by Crippen LogP contribution is -2.11. The zero-order valence-corrected chi connectivity index (χ0v) is 9.77. The minimum Gasteiger partial charge on any atom is -0.361 e. The minimum absolute atomic E-state index is 0.138. The third-order valence-corrected chi connectivity index (χ3v) is 3.46. The molecule has 0 saturated carbocycles. The Kier molecular flexibility index (Phi) is 1.88. The van der Waals surface area contributed by atoms with E-state index in [0.717, 1.165) is 11.4 Å². The van der Waals surface area contributed by atoms with Crippen molar-refractivity contribution >= 4 is 22.3 Å². The summed E-state index contributed by atoms with van der Waals surface area (Å²) in [5, 5.41) is 8.26. The SMILES string of the molecule is c1ccc2c(c1)NC(c1c[nH]c3ccccc13)N2. The van der Waals surface area contributed by atoms with Gasteiger partial charge in [-0.1, -0.05) is 30.3 Å². The van der Waals surface area contributed by atoms with Crippen molar-refractivity contribution in [2.24, 2.45) is 0 Å². The van der Waals surface area contributed by atoms with Gasteiger partial charge < -0.3 is 15.6 Å². The molecule has 3 nitrogen and oxygen atoms in total. The highest BCUT2D eigenvalue weighted by atomic mass is 15.2. The molecule has 18 heavy (non-hydrogen) atoms. The normalized spacial score (nSPS) is 14.2. The summed E-state index contributed by atoms with van der Waals surface area (Å²) in [4.78, 5) is 3.31. The third kappa shape index (κ3) is 1.31. The number of hydrogen-bond donors (Lipinski definition) is 3. The first-order chi connectivity index (χ1) is 8.92. The number of rotatable bonds is 1. The monoisotopic (exact) mass is 235 g/mol. The number of nitrogens with one attached hydrogen (secondary N) is 3. The average molecular weight is 235 g/mol. The van der Waals surface area contributed by atoms with Gasteiger partial charge in [0.25, 0.3) is 0 Å². The van der Waals surface area contributed by atoms with E-state index in [0.29, 0.717) is 0 Å². The van der Waals surface area contributed by atoms with Crippen LogP contribution in [0, 0.1) is 0 Å². The summed E-state index contributed by atoms with van der Waals surface area (Å²) in [6.07, 6.45) is 2.21. The fourth-order valence-corrected chi connectivity index (χ4v) is 2.57. The van der Waals surface area contributed by atoms with Crippen molar-refractivity contribution in [2.75, 3.05) is 10.6 Å². The molecular formula is C15H13N3. The van der Waals surface area contributed by atoms with E-state index in [4.69, 9.17) is 0 Å². The van der Waals surface area contributed by atoms with Crippen LogP contribution in [0.25, 0.3) is 10.9 Å². The van der Waals surface area contributed by atoms with Gasteiger partial charge in [-0.2, -0.15) is 0 Å². The predicted octanol–water partition coefficient (Wildman–Crippen LogP) is 3.70. The van der Waals surface area contributed by atoms with Crippen LogP contribution >= 0.6 is 0 Å². The molecule has 0 radical (unpaired) electrons. The first-order valence-electron chi connectivity index (χ1n) is 6.10. The second-order valence-electron chi connectivity index (χ2n) is 4.56. The van der Waals surface area contributed by atoms with E-state index in [1.54, 1.807) is 0 Å². The zero-order valence-electron chi connectivity index (χ0n) is 9.77. The maximum atomic E-state index is 3.50. The maximum absolute atomic E-state index is 3.50. The standard InChI is InChI=1S/C15H13N3/c1-2-6-12-10(5-1)11(9-16-12)15-17-13-7-3-4-8-14(13)18-15/h1-9,15-18H. The lowest BCUT2D eigenvalue weighted by atomic mass is 10.1. The Balaban J connectivity index is 1.78. The summed E-state index contributed by atoms with van der Waals surface area (Å²) in [6, 6.07) is 16.6. The summed E-state index contributed by atoms with van der Waals surface area (Å²) < 4.78 is 0. The number of aromatic nitrogens is 1. The van der Waals surface area contributed by atoms with Gasteiger partial charge in [0.1, 0.15) is 6.17 Å². The van der Waals surface area contributed by atoms with Crippen molar-refractivity contribution in [3.63, 3.8) is 0 Å². The van der Waals surface area contributed by atoms with Crippen LogP contribution < -0.4 is 10.6 Å². The fraction of sp³-hybridized carbons (Fsp3) is 0.0667. The molecule has 3 N–H and O–H groups in total. The van der Waals surface area contributed by atoms with Crippen molar-refractivity contribution < 1.29 is 0 Å². The molecule has 0 atom stereocenters. The lowest BCUT2D eigenvalue weighted by Gasteiger charge is -2.11. The summed E-state index contributed by atoms with van der Waals surface area (Å²) in [5.41, 5.74) is 4.74. The largest absolute Gasteiger partial charge is 0.361 e. The molecule has 3 heteroatoms. The Hall–Kier alpha value is -2.42. The smallest absolute Gasteiger partial charge is 0.125 e. The van der Waals surface area contributed by atoms with Gasteiger partial charge in [0.05, 0.1) is 11.4 Å². The second kappa shape index (κ2) is 3.53. The Morgan fingerprint density at radius 3 is 2.22 bits per heavy atom. The van der Waals surface area contributed by atoms with E-state index in [-0.39, 0.29) is 6.17 Å². The summed E-state index contributed by atoms with van der Waals surface area (Å²) in [5.74, 6) is 0. The molecule has 0 spiro atoms. The van der Waals surface area contributed by atoms with Crippen LogP contribution in [0.4, 0.5) is 11.4 Å². The van der Waals surface area contributed by atoms with Gasteiger partial charge in [0.2, 0.25) is 0 Å². The van der Waals surface area contributed by atoms with Crippen LogP contribution in [0.2, 0.25) is 0 Å². The number of benzene rings is 2. The first-order valence-corrected chi connectivity index (χ1v) is 6.10. The number of hydrogen-bond acceptors (Lipinski definition) is 2. The zero-order chi connectivity index (χ0) is 11.9. The molecular weight excluding hydrogens is 222 g/mol. The van der Waals surface area contributed by atoms with Crippen LogP contribution in [-0.2, 0) is 0 Å². The Morgan fingerprint density at radius 2 is 1.44 bits per heavy atom. The summed E-state index contributed by atoms with van der Waals surface area (Å²) in [6.45, 7) is 0. The third-order valence-electron chi connectivity index (χ3n) is 3.46. The van der Waals surface area contributed by atoms with E-state index < -0.39 is 0 Å². The molecule has 0 bridgehead atoms. The molecule has 3 aromatic rings. The van der Waals surface area contributed by atoms with Crippen LogP contribution in [0.15, 0.2) is 54.7 Å². The van der Waals surface area contributed by atoms with Crippen molar-refractivity contribution in [2.45, 2.75) is 6.17 Å². The molecule has 88 valence electrons. The van der Waals surface area contributed by atoms with Gasteiger partial charge in [-0.3, -0.25) is 0 Å². The molecule has 0 fully saturated rings. The molecule has 2 aromatic carbocycles. The van der Waals surface area contributed by atoms with Crippen molar-refractivity contribution in [1.29, 1.82) is 0 Å². The molecule has 1 aliphatic rings. The predicted molar refractivity (Wildman–Crippen MR) is 74.7 cm³/mol. The van der Waals surface area contributed by atoms with E-state index in [1.807, 2.05) is 18.2 Å². The Labute approximate surface area is 105 Å². The lowest BCUT2D eigenvalue weighted by molar-refractivity contribution is 0.952. The quantitative estimate of drug-likeness (QED) is 0.601. The number of para-hydroxylation sites is 3. The van der Waals surface area contributed by atoms with Crippen LogP contribution in [0.1, 0.15) is 11.7 Å². The van der Waals surface area contributed by atoms with Crippen molar-refractivity contribution in [1.82, 2.24) is 4.98 Å².